The van der Waals surface area contributed by atoms with Gasteiger partial charge in [0.1, 0.15) is 0 Å². The van der Waals surface area contributed by atoms with Crippen molar-refractivity contribution in [3.63, 3.8) is 0 Å². The lowest BCUT2D eigenvalue weighted by molar-refractivity contribution is -0.410. The Hall–Kier alpha value is -0.120. The molecule has 86 valence electrons. The smallest absolute Gasteiger partial charge is 0.0745 e. The zero-order valence-corrected chi connectivity index (χ0v) is 9.74. The van der Waals surface area contributed by atoms with Crippen molar-refractivity contribution in [1.29, 1.82) is 0 Å². The standard InChI is InChI=1S/C12H21NO2/c1-14-13(15-2)12-6-9-3-10(7-12)5-11(4-9)8-12/h9-11H,3-8H2,1-2H3. The Kier molecular flexibility index (Phi) is 2.31. The van der Waals surface area contributed by atoms with E-state index in [1.54, 1.807) is 19.4 Å². The van der Waals surface area contributed by atoms with Crippen molar-refractivity contribution in [3.05, 3.63) is 0 Å². The summed E-state index contributed by atoms with van der Waals surface area (Å²) in [4.78, 5) is 10.8. The monoisotopic (exact) mass is 211 g/mol. The van der Waals surface area contributed by atoms with Crippen molar-refractivity contribution in [2.75, 3.05) is 14.2 Å². The van der Waals surface area contributed by atoms with Crippen molar-refractivity contribution in [2.45, 2.75) is 44.1 Å². The van der Waals surface area contributed by atoms with Crippen LogP contribution in [0.25, 0.3) is 0 Å². The van der Waals surface area contributed by atoms with E-state index in [0.29, 0.717) is 0 Å². The van der Waals surface area contributed by atoms with E-state index in [1.165, 1.54) is 38.5 Å². The van der Waals surface area contributed by atoms with Gasteiger partial charge in [0.25, 0.3) is 0 Å². The normalized spacial score (nSPS) is 47.8. The van der Waals surface area contributed by atoms with Crippen LogP contribution in [0.15, 0.2) is 0 Å². The first-order valence-electron chi connectivity index (χ1n) is 6.14. The van der Waals surface area contributed by atoms with Gasteiger partial charge in [0.15, 0.2) is 0 Å². The largest absolute Gasteiger partial charge is 0.277 e. The summed E-state index contributed by atoms with van der Waals surface area (Å²) in [6.07, 6.45) is 8.21. The topological polar surface area (TPSA) is 21.7 Å². The van der Waals surface area contributed by atoms with Crippen LogP contribution in [-0.2, 0) is 9.68 Å². The van der Waals surface area contributed by atoms with Gasteiger partial charge < -0.3 is 0 Å². The van der Waals surface area contributed by atoms with Crippen LogP contribution in [0.3, 0.4) is 0 Å². The van der Waals surface area contributed by atoms with Crippen LogP contribution < -0.4 is 0 Å². The van der Waals surface area contributed by atoms with Crippen molar-refractivity contribution in [2.24, 2.45) is 17.8 Å². The molecule has 0 N–H and O–H groups in total. The molecular formula is C12H21NO2. The van der Waals surface area contributed by atoms with E-state index in [-0.39, 0.29) is 5.54 Å². The molecule has 0 heterocycles. The summed E-state index contributed by atoms with van der Waals surface area (Å²) in [6.45, 7) is 0. The second-order valence-corrected chi connectivity index (χ2v) is 5.76. The van der Waals surface area contributed by atoms with Crippen LogP contribution in [0.2, 0.25) is 0 Å². The van der Waals surface area contributed by atoms with Gasteiger partial charge in [0.2, 0.25) is 0 Å². The molecule has 0 amide bonds. The zero-order valence-electron chi connectivity index (χ0n) is 9.74. The molecule has 3 heteroatoms. The van der Waals surface area contributed by atoms with Crippen LogP contribution in [0, 0.1) is 17.8 Å². The first kappa shape index (κ1) is 10.1. The highest BCUT2D eigenvalue weighted by Gasteiger charge is 2.54. The maximum Gasteiger partial charge on any atom is 0.0745 e. The summed E-state index contributed by atoms with van der Waals surface area (Å²) in [5.74, 6) is 2.80. The number of hydrogen-bond acceptors (Lipinski definition) is 3. The predicted octanol–water partition coefficient (Wildman–Crippen LogP) is 2.38. The molecule has 0 unspecified atom stereocenters. The van der Waals surface area contributed by atoms with Gasteiger partial charge in [-0.25, -0.2) is 0 Å². The van der Waals surface area contributed by atoms with Crippen LogP contribution in [0.4, 0.5) is 0 Å². The van der Waals surface area contributed by atoms with Crippen molar-refractivity contribution >= 4 is 0 Å². The lowest BCUT2D eigenvalue weighted by atomic mass is 9.53. The minimum Gasteiger partial charge on any atom is -0.277 e. The van der Waals surface area contributed by atoms with E-state index >= 15 is 0 Å². The Morgan fingerprint density at radius 3 is 1.60 bits per heavy atom. The lowest BCUT2D eigenvalue weighted by Gasteiger charge is -2.58. The van der Waals surface area contributed by atoms with Gasteiger partial charge in [-0.3, -0.25) is 9.68 Å². The quantitative estimate of drug-likeness (QED) is 0.669. The Labute approximate surface area is 91.6 Å². The molecule has 4 aliphatic carbocycles. The molecule has 0 atom stereocenters. The van der Waals surface area contributed by atoms with Gasteiger partial charge in [-0.2, -0.15) is 0 Å². The van der Waals surface area contributed by atoms with E-state index in [2.05, 4.69) is 0 Å². The second kappa shape index (κ2) is 3.44. The molecule has 4 aliphatic rings. The summed E-state index contributed by atoms with van der Waals surface area (Å²) in [5, 5.41) is 1.79. The molecule has 0 spiro atoms. The fourth-order valence-electron chi connectivity index (χ4n) is 4.75. The summed E-state index contributed by atoms with van der Waals surface area (Å²) in [5.41, 5.74) is 0.207. The number of hydrogen-bond donors (Lipinski definition) is 0. The highest BCUT2D eigenvalue weighted by atomic mass is 16.9. The van der Waals surface area contributed by atoms with Crippen molar-refractivity contribution < 1.29 is 9.68 Å². The maximum absolute atomic E-state index is 5.40. The fraction of sp³-hybridized carbons (Fsp3) is 1.00. The van der Waals surface area contributed by atoms with Gasteiger partial charge in [-0.05, 0) is 56.3 Å². The van der Waals surface area contributed by atoms with Crippen LogP contribution in [0.1, 0.15) is 38.5 Å². The van der Waals surface area contributed by atoms with Gasteiger partial charge >= 0.3 is 0 Å². The van der Waals surface area contributed by atoms with Gasteiger partial charge in [0.05, 0.1) is 19.8 Å². The third kappa shape index (κ3) is 1.44. The molecule has 0 aliphatic heterocycles. The average Bonchev–Trinajstić information content (AvgIpc) is 2.16. The second-order valence-electron chi connectivity index (χ2n) is 5.76. The summed E-state index contributed by atoms with van der Waals surface area (Å²) >= 11 is 0. The van der Waals surface area contributed by atoms with Crippen molar-refractivity contribution in [1.82, 2.24) is 5.23 Å². The van der Waals surface area contributed by atoms with Crippen molar-refractivity contribution in [3.8, 4) is 0 Å². The van der Waals surface area contributed by atoms with Gasteiger partial charge in [-0.1, -0.05) is 5.23 Å². The predicted molar refractivity (Wildman–Crippen MR) is 56.8 cm³/mol. The minimum absolute atomic E-state index is 0.207. The Bertz CT molecular complexity index is 215. The molecular weight excluding hydrogens is 190 g/mol. The molecule has 4 bridgehead atoms. The van der Waals surface area contributed by atoms with Crippen LogP contribution >= 0.6 is 0 Å². The number of nitrogens with zero attached hydrogens (tertiary/aromatic N) is 1. The van der Waals surface area contributed by atoms with Gasteiger partial charge in [0, 0.05) is 0 Å². The number of rotatable bonds is 3. The van der Waals surface area contributed by atoms with E-state index < -0.39 is 0 Å². The Morgan fingerprint density at radius 2 is 1.27 bits per heavy atom. The molecule has 0 saturated heterocycles. The van der Waals surface area contributed by atoms with Gasteiger partial charge in [-0.15, -0.1) is 0 Å². The summed E-state index contributed by atoms with van der Waals surface area (Å²) < 4.78 is 0. The third-order valence-electron chi connectivity index (χ3n) is 4.72. The van der Waals surface area contributed by atoms with Crippen LogP contribution in [-0.4, -0.2) is 25.0 Å². The SMILES string of the molecule is CON(OC)C12CC3CC(CC(C3)C1)C2. The first-order valence-corrected chi connectivity index (χ1v) is 6.14. The molecule has 0 aromatic rings. The fourth-order valence-corrected chi connectivity index (χ4v) is 4.75. The summed E-state index contributed by atoms with van der Waals surface area (Å²) in [6, 6.07) is 0. The third-order valence-corrected chi connectivity index (χ3v) is 4.72. The van der Waals surface area contributed by atoms with E-state index in [1.807, 2.05) is 0 Å². The Morgan fingerprint density at radius 1 is 0.867 bits per heavy atom. The average molecular weight is 211 g/mol. The van der Waals surface area contributed by atoms with E-state index in [9.17, 15) is 0 Å². The van der Waals surface area contributed by atoms with E-state index in [0.717, 1.165) is 17.8 Å². The Balaban J connectivity index is 1.86. The molecule has 4 fully saturated rings. The molecule has 0 radical (unpaired) electrons. The molecule has 0 aromatic heterocycles. The molecule has 4 rings (SSSR count). The van der Waals surface area contributed by atoms with Crippen LogP contribution in [0.5, 0.6) is 0 Å². The first-order chi connectivity index (χ1) is 7.25. The highest BCUT2D eigenvalue weighted by molar-refractivity contribution is 5.04. The zero-order chi connectivity index (χ0) is 10.5. The molecule has 0 aromatic carbocycles. The maximum atomic E-state index is 5.40. The lowest BCUT2D eigenvalue weighted by Crippen LogP contribution is -2.59. The summed E-state index contributed by atoms with van der Waals surface area (Å²) in [7, 11) is 3.45. The molecule has 4 saturated carbocycles. The molecule has 3 nitrogen and oxygen atoms in total. The molecule has 15 heavy (non-hydrogen) atoms. The van der Waals surface area contributed by atoms with E-state index in [4.69, 9.17) is 9.68 Å². The number of hydroxylamine groups is 2. The highest BCUT2D eigenvalue weighted by Crippen LogP contribution is 2.57. The minimum atomic E-state index is 0.207.